The van der Waals surface area contributed by atoms with Gasteiger partial charge in [-0.25, -0.2) is 0 Å². The molecule has 3 nitrogen and oxygen atoms in total. The van der Waals surface area contributed by atoms with Crippen LogP contribution in [0.2, 0.25) is 0 Å². The Morgan fingerprint density at radius 2 is 1.71 bits per heavy atom. The van der Waals surface area contributed by atoms with Gasteiger partial charge in [0.1, 0.15) is 5.75 Å². The Balaban J connectivity index is 2.22. The van der Waals surface area contributed by atoms with Crippen molar-refractivity contribution in [3.05, 3.63) is 48.5 Å². The highest BCUT2D eigenvalue weighted by molar-refractivity contribution is 5.67. The van der Waals surface area contributed by atoms with Gasteiger partial charge in [-0.15, -0.1) is 0 Å². The summed E-state index contributed by atoms with van der Waals surface area (Å²) in [5.74, 6) is 0.827. The predicted octanol–water partition coefficient (Wildman–Crippen LogP) is 3.48. The number of methoxy groups -OCH3 is 1. The molecule has 0 radical (unpaired) electrons. The fourth-order valence-corrected chi connectivity index (χ4v) is 1.66. The van der Waals surface area contributed by atoms with Gasteiger partial charge >= 0.3 is 0 Å². The molecule has 0 aromatic heterocycles. The largest absolute Gasteiger partial charge is 0.495 e. The molecule has 17 heavy (non-hydrogen) atoms. The van der Waals surface area contributed by atoms with Crippen LogP contribution in [-0.4, -0.2) is 14.2 Å². The number of hydrogen-bond acceptors (Lipinski definition) is 3. The van der Waals surface area contributed by atoms with Crippen LogP contribution in [0.25, 0.3) is 0 Å². The first-order chi connectivity index (χ1) is 8.33. The molecule has 0 unspecified atom stereocenters. The average molecular weight is 228 g/mol. The summed E-state index contributed by atoms with van der Waals surface area (Å²) in [5, 5.41) is 6.41. The molecule has 0 bridgehead atoms. The van der Waals surface area contributed by atoms with Crippen molar-refractivity contribution in [1.29, 1.82) is 0 Å². The molecule has 2 N–H and O–H groups in total. The maximum atomic E-state index is 5.31. The summed E-state index contributed by atoms with van der Waals surface area (Å²) in [6, 6.07) is 16.0. The van der Waals surface area contributed by atoms with Crippen molar-refractivity contribution in [3.8, 4) is 5.75 Å². The van der Waals surface area contributed by atoms with Crippen LogP contribution < -0.4 is 15.4 Å². The minimum absolute atomic E-state index is 0.827. The third kappa shape index (κ3) is 2.69. The summed E-state index contributed by atoms with van der Waals surface area (Å²) >= 11 is 0. The molecule has 0 aliphatic rings. The number of hydrogen-bond donors (Lipinski definition) is 2. The highest BCUT2D eigenvalue weighted by Gasteiger charge is 2.02. The van der Waals surface area contributed by atoms with Gasteiger partial charge in [0.15, 0.2) is 0 Å². The lowest BCUT2D eigenvalue weighted by Crippen LogP contribution is -1.96. The van der Waals surface area contributed by atoms with E-state index in [-0.39, 0.29) is 0 Å². The fraction of sp³-hybridized carbons (Fsp3) is 0.143. The molecule has 2 aromatic rings. The van der Waals surface area contributed by atoms with Gasteiger partial charge in [-0.2, -0.15) is 0 Å². The summed E-state index contributed by atoms with van der Waals surface area (Å²) in [7, 11) is 3.55. The maximum Gasteiger partial charge on any atom is 0.144 e. The van der Waals surface area contributed by atoms with Crippen LogP contribution in [0.1, 0.15) is 0 Å². The Kier molecular flexibility index (Phi) is 3.50. The quantitative estimate of drug-likeness (QED) is 0.840. The van der Waals surface area contributed by atoms with E-state index in [1.807, 2.05) is 55.6 Å². The lowest BCUT2D eigenvalue weighted by Gasteiger charge is -2.11. The number of rotatable bonds is 4. The molecule has 0 heterocycles. The SMILES string of the molecule is CNc1ccc(Nc2ccccc2)cc1OC. The Bertz CT molecular complexity index is 483. The lowest BCUT2D eigenvalue weighted by atomic mass is 10.2. The van der Waals surface area contributed by atoms with E-state index in [0.29, 0.717) is 0 Å². The van der Waals surface area contributed by atoms with Gasteiger partial charge in [0, 0.05) is 24.5 Å². The summed E-state index contributed by atoms with van der Waals surface area (Å²) in [6.07, 6.45) is 0. The van der Waals surface area contributed by atoms with Gasteiger partial charge in [0.25, 0.3) is 0 Å². The Labute approximate surface area is 101 Å². The van der Waals surface area contributed by atoms with Crippen LogP contribution in [0.4, 0.5) is 17.1 Å². The van der Waals surface area contributed by atoms with Gasteiger partial charge in [0.2, 0.25) is 0 Å². The van der Waals surface area contributed by atoms with Crippen LogP contribution in [0.5, 0.6) is 5.75 Å². The van der Waals surface area contributed by atoms with Gasteiger partial charge in [0.05, 0.1) is 12.8 Å². The molecule has 2 aromatic carbocycles. The van der Waals surface area contributed by atoms with Gasteiger partial charge in [-0.1, -0.05) is 18.2 Å². The highest BCUT2D eigenvalue weighted by Crippen LogP contribution is 2.28. The first-order valence-corrected chi connectivity index (χ1v) is 5.51. The number of nitrogens with one attached hydrogen (secondary N) is 2. The van der Waals surface area contributed by atoms with Crippen molar-refractivity contribution < 1.29 is 4.74 Å². The van der Waals surface area contributed by atoms with E-state index in [9.17, 15) is 0 Å². The van der Waals surface area contributed by atoms with Crippen LogP contribution in [0.15, 0.2) is 48.5 Å². The van der Waals surface area contributed by atoms with Gasteiger partial charge in [-0.3, -0.25) is 0 Å². The summed E-state index contributed by atoms with van der Waals surface area (Å²) in [5.41, 5.74) is 3.05. The molecule has 0 spiro atoms. The molecule has 0 atom stereocenters. The Hall–Kier alpha value is -2.16. The van der Waals surface area contributed by atoms with Crippen LogP contribution >= 0.6 is 0 Å². The second-order valence-electron chi connectivity index (χ2n) is 3.66. The zero-order valence-corrected chi connectivity index (χ0v) is 10.0. The van der Waals surface area contributed by atoms with E-state index in [1.54, 1.807) is 7.11 Å². The number of anilines is 3. The average Bonchev–Trinajstić information content (AvgIpc) is 2.40. The van der Waals surface area contributed by atoms with Crippen LogP contribution in [-0.2, 0) is 0 Å². The minimum Gasteiger partial charge on any atom is -0.495 e. The molecular weight excluding hydrogens is 212 g/mol. The van der Waals surface area contributed by atoms with Crippen LogP contribution in [0, 0.1) is 0 Å². The highest BCUT2D eigenvalue weighted by atomic mass is 16.5. The van der Waals surface area contributed by atoms with E-state index in [2.05, 4.69) is 10.6 Å². The molecule has 0 aliphatic heterocycles. The molecule has 0 saturated carbocycles. The zero-order valence-electron chi connectivity index (χ0n) is 10.0. The van der Waals surface area contributed by atoms with E-state index >= 15 is 0 Å². The standard InChI is InChI=1S/C14H16N2O/c1-15-13-9-8-12(10-14(13)17-2)16-11-6-4-3-5-7-11/h3-10,15-16H,1-2H3. The molecular formula is C14H16N2O. The van der Waals surface area contributed by atoms with Gasteiger partial charge < -0.3 is 15.4 Å². The predicted molar refractivity (Wildman–Crippen MR) is 72.3 cm³/mol. The molecule has 3 heteroatoms. The summed E-state index contributed by atoms with van der Waals surface area (Å²) < 4.78 is 5.31. The molecule has 2 rings (SSSR count). The molecule has 0 saturated heterocycles. The topological polar surface area (TPSA) is 33.3 Å². The van der Waals surface area contributed by atoms with Crippen molar-refractivity contribution in [2.75, 3.05) is 24.8 Å². The third-order valence-electron chi connectivity index (χ3n) is 2.53. The van der Waals surface area contributed by atoms with Gasteiger partial charge in [-0.05, 0) is 24.3 Å². The second kappa shape index (κ2) is 5.25. The Morgan fingerprint density at radius 3 is 2.35 bits per heavy atom. The summed E-state index contributed by atoms with van der Waals surface area (Å²) in [4.78, 5) is 0. The smallest absolute Gasteiger partial charge is 0.144 e. The molecule has 88 valence electrons. The number of ether oxygens (including phenoxy) is 1. The third-order valence-corrected chi connectivity index (χ3v) is 2.53. The molecule has 0 aliphatic carbocycles. The number of para-hydroxylation sites is 1. The van der Waals surface area contributed by atoms with E-state index < -0.39 is 0 Å². The Morgan fingerprint density at radius 1 is 0.941 bits per heavy atom. The lowest BCUT2D eigenvalue weighted by molar-refractivity contribution is 0.417. The van der Waals surface area contributed by atoms with Crippen LogP contribution in [0.3, 0.4) is 0 Å². The number of benzene rings is 2. The van der Waals surface area contributed by atoms with E-state index in [4.69, 9.17) is 4.74 Å². The van der Waals surface area contributed by atoms with E-state index in [0.717, 1.165) is 22.8 Å². The summed E-state index contributed by atoms with van der Waals surface area (Å²) in [6.45, 7) is 0. The zero-order chi connectivity index (χ0) is 12.1. The van der Waals surface area contributed by atoms with Crippen molar-refractivity contribution in [1.82, 2.24) is 0 Å². The maximum absolute atomic E-state index is 5.31. The van der Waals surface area contributed by atoms with Crippen molar-refractivity contribution in [2.45, 2.75) is 0 Å². The molecule has 0 fully saturated rings. The van der Waals surface area contributed by atoms with Crippen molar-refractivity contribution in [2.24, 2.45) is 0 Å². The van der Waals surface area contributed by atoms with Crippen molar-refractivity contribution >= 4 is 17.1 Å². The first kappa shape index (κ1) is 11.3. The fourth-order valence-electron chi connectivity index (χ4n) is 1.66. The van der Waals surface area contributed by atoms with Crippen molar-refractivity contribution in [3.63, 3.8) is 0 Å². The second-order valence-corrected chi connectivity index (χ2v) is 3.66. The van der Waals surface area contributed by atoms with E-state index in [1.165, 1.54) is 0 Å². The minimum atomic E-state index is 0.827. The normalized spacial score (nSPS) is 9.76. The molecule has 0 amide bonds. The monoisotopic (exact) mass is 228 g/mol. The first-order valence-electron chi connectivity index (χ1n) is 5.51.